The molecule has 0 aromatic rings. The zero-order valence-electron chi connectivity index (χ0n) is 12.5. The molecule has 4 bridgehead atoms. The first kappa shape index (κ1) is 14.3. The van der Waals surface area contributed by atoms with Crippen molar-refractivity contribution in [3.05, 3.63) is 0 Å². The number of carbonyl (C=O) groups is 1. The first-order chi connectivity index (χ1) is 9.58. The zero-order valence-corrected chi connectivity index (χ0v) is 12.5. The van der Waals surface area contributed by atoms with Crippen molar-refractivity contribution < 1.29 is 14.6 Å². The van der Waals surface area contributed by atoms with Crippen molar-refractivity contribution in [1.29, 1.82) is 0 Å². The molecule has 4 nitrogen and oxygen atoms in total. The van der Waals surface area contributed by atoms with E-state index in [2.05, 4.69) is 4.90 Å². The number of hydrogen-bond donors (Lipinski definition) is 1. The molecule has 4 heteroatoms. The lowest BCUT2D eigenvalue weighted by molar-refractivity contribution is -0.140. The van der Waals surface area contributed by atoms with Crippen LogP contribution in [0.4, 0.5) is 0 Å². The van der Waals surface area contributed by atoms with Crippen molar-refractivity contribution in [2.24, 2.45) is 23.2 Å². The molecule has 4 aliphatic carbocycles. The Labute approximate surface area is 121 Å². The summed E-state index contributed by atoms with van der Waals surface area (Å²) in [4.78, 5) is 13.2. The molecule has 0 atom stereocenters. The molecule has 0 radical (unpaired) electrons. The Balaban J connectivity index is 1.66. The molecule has 0 amide bonds. The Bertz CT molecular complexity index is 333. The summed E-state index contributed by atoms with van der Waals surface area (Å²) in [7, 11) is 1.68. The summed E-state index contributed by atoms with van der Waals surface area (Å²) in [5.74, 6) is 2.06. The summed E-state index contributed by atoms with van der Waals surface area (Å²) >= 11 is 0. The molecule has 114 valence electrons. The van der Waals surface area contributed by atoms with E-state index in [1.165, 1.54) is 38.5 Å². The second kappa shape index (κ2) is 5.64. The van der Waals surface area contributed by atoms with Crippen LogP contribution in [0.25, 0.3) is 0 Å². The van der Waals surface area contributed by atoms with Crippen LogP contribution in [0, 0.1) is 23.2 Å². The quantitative estimate of drug-likeness (QED) is 0.777. The van der Waals surface area contributed by atoms with Crippen LogP contribution in [0.5, 0.6) is 0 Å². The van der Waals surface area contributed by atoms with Crippen molar-refractivity contribution in [3.8, 4) is 0 Å². The van der Waals surface area contributed by atoms with Crippen molar-refractivity contribution in [2.45, 2.75) is 38.5 Å². The predicted octanol–water partition coefficient (Wildman–Crippen LogP) is 2.24. The van der Waals surface area contributed by atoms with Crippen LogP contribution in [0.2, 0.25) is 0 Å². The predicted molar refractivity (Wildman–Crippen MR) is 76.6 cm³/mol. The van der Waals surface area contributed by atoms with E-state index in [9.17, 15) is 4.79 Å². The topological polar surface area (TPSA) is 49.8 Å². The van der Waals surface area contributed by atoms with Crippen LogP contribution in [0.1, 0.15) is 38.5 Å². The number of aliphatic carboxylic acids is 1. The first-order valence-electron chi connectivity index (χ1n) is 8.02. The van der Waals surface area contributed by atoms with E-state index < -0.39 is 5.97 Å². The molecule has 0 aromatic heterocycles. The van der Waals surface area contributed by atoms with Crippen LogP contribution in [-0.2, 0) is 9.53 Å². The van der Waals surface area contributed by atoms with E-state index in [4.69, 9.17) is 9.84 Å². The summed E-state index contributed by atoms with van der Waals surface area (Å²) < 4.78 is 5.14. The maximum absolute atomic E-state index is 11.1. The molecule has 20 heavy (non-hydrogen) atoms. The largest absolute Gasteiger partial charge is 0.480 e. The Kier molecular flexibility index (Phi) is 4.04. The van der Waals surface area contributed by atoms with Crippen LogP contribution in [-0.4, -0.2) is 49.3 Å². The zero-order chi connectivity index (χ0) is 14.2. The first-order valence-corrected chi connectivity index (χ1v) is 8.02. The monoisotopic (exact) mass is 281 g/mol. The van der Waals surface area contributed by atoms with Gasteiger partial charge in [-0.3, -0.25) is 9.69 Å². The maximum atomic E-state index is 11.1. The van der Waals surface area contributed by atoms with Gasteiger partial charge in [0.2, 0.25) is 0 Å². The average Bonchev–Trinajstić information content (AvgIpc) is 2.33. The third kappa shape index (κ3) is 3.01. The fourth-order valence-electron chi connectivity index (χ4n) is 5.58. The van der Waals surface area contributed by atoms with Crippen LogP contribution >= 0.6 is 0 Å². The minimum absolute atomic E-state index is 0.158. The number of ether oxygens (including phenoxy) is 1. The van der Waals surface area contributed by atoms with Gasteiger partial charge in [-0.1, -0.05) is 0 Å². The Hall–Kier alpha value is -0.610. The molecule has 1 N–H and O–H groups in total. The molecule has 0 aliphatic heterocycles. The van der Waals surface area contributed by atoms with Crippen molar-refractivity contribution >= 4 is 5.97 Å². The van der Waals surface area contributed by atoms with Gasteiger partial charge < -0.3 is 9.84 Å². The van der Waals surface area contributed by atoms with E-state index >= 15 is 0 Å². The summed E-state index contributed by atoms with van der Waals surface area (Å²) in [5.41, 5.74) is 0.415. The highest BCUT2D eigenvalue weighted by atomic mass is 16.5. The van der Waals surface area contributed by atoms with Gasteiger partial charge in [0.15, 0.2) is 0 Å². The second-order valence-corrected chi connectivity index (χ2v) is 7.51. The van der Waals surface area contributed by atoms with E-state index in [0.717, 1.165) is 30.8 Å². The Morgan fingerprint density at radius 3 is 2.20 bits per heavy atom. The fraction of sp³-hybridized carbons (Fsp3) is 0.938. The number of nitrogens with zero attached hydrogens (tertiary/aromatic N) is 1. The number of hydrogen-bond acceptors (Lipinski definition) is 3. The van der Waals surface area contributed by atoms with Gasteiger partial charge in [0, 0.05) is 20.2 Å². The maximum Gasteiger partial charge on any atom is 0.317 e. The molecule has 4 fully saturated rings. The van der Waals surface area contributed by atoms with Gasteiger partial charge in [-0.05, 0) is 61.7 Å². The standard InChI is InChI=1S/C16H27NO3/c1-20-3-2-17(10-15(18)19)11-16-7-12-4-13(8-16)6-14(5-12)9-16/h12-14H,2-11H2,1H3,(H,18,19). The Morgan fingerprint density at radius 2 is 1.75 bits per heavy atom. The fourth-order valence-corrected chi connectivity index (χ4v) is 5.58. The van der Waals surface area contributed by atoms with Gasteiger partial charge in [0.05, 0.1) is 13.2 Å². The van der Waals surface area contributed by atoms with Gasteiger partial charge in [-0.2, -0.15) is 0 Å². The normalized spacial score (nSPS) is 38.6. The third-order valence-electron chi connectivity index (χ3n) is 5.69. The van der Waals surface area contributed by atoms with E-state index in [-0.39, 0.29) is 6.54 Å². The Morgan fingerprint density at radius 1 is 1.20 bits per heavy atom. The highest BCUT2D eigenvalue weighted by molar-refractivity contribution is 5.69. The van der Waals surface area contributed by atoms with Gasteiger partial charge in [-0.15, -0.1) is 0 Å². The molecule has 0 unspecified atom stereocenters. The second-order valence-electron chi connectivity index (χ2n) is 7.51. The smallest absolute Gasteiger partial charge is 0.317 e. The molecule has 0 spiro atoms. The number of carboxylic acid groups (broad SMARTS) is 1. The average molecular weight is 281 g/mol. The molecule has 4 rings (SSSR count). The molecule has 4 aliphatic rings. The van der Waals surface area contributed by atoms with E-state index in [0.29, 0.717) is 12.0 Å². The highest BCUT2D eigenvalue weighted by Crippen LogP contribution is 2.60. The van der Waals surface area contributed by atoms with Gasteiger partial charge >= 0.3 is 5.97 Å². The van der Waals surface area contributed by atoms with Gasteiger partial charge in [0.1, 0.15) is 0 Å². The van der Waals surface area contributed by atoms with Gasteiger partial charge in [-0.25, -0.2) is 0 Å². The summed E-state index contributed by atoms with van der Waals surface area (Å²) in [5, 5.41) is 9.11. The van der Waals surface area contributed by atoms with Crippen molar-refractivity contribution in [3.63, 3.8) is 0 Å². The molecular formula is C16H27NO3. The van der Waals surface area contributed by atoms with E-state index in [1.54, 1.807) is 7.11 Å². The van der Waals surface area contributed by atoms with Crippen LogP contribution in [0.3, 0.4) is 0 Å². The highest BCUT2D eigenvalue weighted by Gasteiger charge is 2.51. The molecule has 0 aromatic carbocycles. The van der Waals surface area contributed by atoms with Crippen LogP contribution < -0.4 is 0 Å². The lowest BCUT2D eigenvalue weighted by Gasteiger charge is -2.57. The lowest BCUT2D eigenvalue weighted by Crippen LogP contribution is -2.52. The number of methoxy groups -OCH3 is 1. The van der Waals surface area contributed by atoms with Crippen molar-refractivity contribution in [2.75, 3.05) is 33.4 Å². The number of rotatable bonds is 7. The summed E-state index contributed by atoms with van der Waals surface area (Å²) in [6.07, 6.45) is 8.33. The molecule has 0 saturated heterocycles. The summed E-state index contributed by atoms with van der Waals surface area (Å²) in [6.45, 7) is 2.49. The van der Waals surface area contributed by atoms with Crippen LogP contribution in [0.15, 0.2) is 0 Å². The lowest BCUT2D eigenvalue weighted by atomic mass is 9.49. The minimum atomic E-state index is -0.717. The molecule has 4 saturated carbocycles. The molecule has 0 heterocycles. The van der Waals surface area contributed by atoms with E-state index in [1.807, 2.05) is 0 Å². The van der Waals surface area contributed by atoms with Crippen molar-refractivity contribution in [1.82, 2.24) is 4.90 Å². The molecular weight excluding hydrogens is 254 g/mol. The minimum Gasteiger partial charge on any atom is -0.480 e. The third-order valence-corrected chi connectivity index (χ3v) is 5.69. The SMILES string of the molecule is COCCN(CC(=O)O)CC12CC3CC(CC(C3)C1)C2. The summed E-state index contributed by atoms with van der Waals surface area (Å²) in [6, 6.07) is 0. The van der Waals surface area contributed by atoms with Gasteiger partial charge in [0.25, 0.3) is 0 Å². The number of carboxylic acids is 1.